The summed E-state index contributed by atoms with van der Waals surface area (Å²) >= 11 is 0. The van der Waals surface area contributed by atoms with Gasteiger partial charge in [-0.3, -0.25) is 4.79 Å². The molecule has 0 bridgehead atoms. The Morgan fingerprint density at radius 2 is 2.05 bits per heavy atom. The number of β-amino-alcohol motifs (C(OH)–C–C–N with tert-alkyl or cyclic N) is 1. The van der Waals surface area contributed by atoms with Crippen LogP contribution in [-0.4, -0.2) is 35.1 Å². The lowest BCUT2D eigenvalue weighted by Crippen LogP contribution is -2.54. The number of carbonyl (C=O) groups excluding carboxylic acids is 1. The van der Waals surface area contributed by atoms with Crippen molar-refractivity contribution in [2.24, 2.45) is 0 Å². The van der Waals surface area contributed by atoms with Gasteiger partial charge in [0.05, 0.1) is 6.10 Å². The number of aryl methyl sites for hydroxylation is 1. The van der Waals surface area contributed by atoms with Crippen LogP contribution < -0.4 is 5.63 Å². The van der Waals surface area contributed by atoms with E-state index in [1.165, 1.54) is 4.90 Å². The molecule has 0 radical (unpaired) electrons. The Bertz CT molecular complexity index is 713. The van der Waals surface area contributed by atoms with E-state index in [1.807, 2.05) is 12.1 Å². The van der Waals surface area contributed by atoms with Gasteiger partial charge in [0.15, 0.2) is 0 Å². The first-order chi connectivity index (χ1) is 9.08. The van der Waals surface area contributed by atoms with Gasteiger partial charge in [-0.2, -0.15) is 0 Å². The van der Waals surface area contributed by atoms with Crippen LogP contribution in [0.3, 0.4) is 0 Å². The van der Waals surface area contributed by atoms with Crippen molar-refractivity contribution in [3.05, 3.63) is 45.8 Å². The van der Waals surface area contributed by atoms with Crippen LogP contribution in [0.25, 0.3) is 11.0 Å². The van der Waals surface area contributed by atoms with Crippen molar-refractivity contribution in [2.75, 3.05) is 13.1 Å². The van der Waals surface area contributed by atoms with E-state index < -0.39 is 11.7 Å². The zero-order valence-corrected chi connectivity index (χ0v) is 10.4. The molecular weight excluding hydrogens is 246 g/mol. The highest BCUT2D eigenvalue weighted by Gasteiger charge is 2.32. The summed E-state index contributed by atoms with van der Waals surface area (Å²) in [5, 5.41) is 9.99. The van der Waals surface area contributed by atoms with Gasteiger partial charge in [-0.25, -0.2) is 4.79 Å². The monoisotopic (exact) mass is 259 g/mol. The Balaban J connectivity index is 2.13. The third-order valence-electron chi connectivity index (χ3n) is 3.44. The first-order valence-corrected chi connectivity index (χ1v) is 6.07. The quantitative estimate of drug-likeness (QED) is 0.773. The molecule has 1 saturated heterocycles. The van der Waals surface area contributed by atoms with Crippen molar-refractivity contribution in [1.82, 2.24) is 4.90 Å². The molecule has 0 unspecified atom stereocenters. The minimum absolute atomic E-state index is 0.0607. The van der Waals surface area contributed by atoms with Crippen LogP contribution in [-0.2, 0) is 0 Å². The van der Waals surface area contributed by atoms with Crippen LogP contribution in [0.15, 0.2) is 33.5 Å². The molecule has 1 aromatic carbocycles. The van der Waals surface area contributed by atoms with E-state index >= 15 is 0 Å². The molecule has 2 aromatic rings. The molecule has 1 aliphatic heterocycles. The van der Waals surface area contributed by atoms with E-state index in [0.29, 0.717) is 11.1 Å². The van der Waals surface area contributed by atoms with E-state index in [9.17, 15) is 14.7 Å². The largest absolute Gasteiger partial charge is 0.422 e. The summed E-state index contributed by atoms with van der Waals surface area (Å²) in [6, 6.07) is 7.12. The number of aliphatic hydroxyl groups is 1. The smallest absolute Gasteiger partial charge is 0.349 e. The Morgan fingerprint density at radius 1 is 1.37 bits per heavy atom. The molecule has 0 atom stereocenters. The average Bonchev–Trinajstić information content (AvgIpc) is 2.35. The lowest BCUT2D eigenvalue weighted by molar-refractivity contribution is 0.00558. The average molecular weight is 259 g/mol. The van der Waals surface area contributed by atoms with Gasteiger partial charge in [0.25, 0.3) is 5.91 Å². The maximum absolute atomic E-state index is 12.2. The molecule has 3 rings (SSSR count). The number of rotatable bonds is 1. The summed E-state index contributed by atoms with van der Waals surface area (Å²) in [4.78, 5) is 25.6. The second-order valence-corrected chi connectivity index (χ2v) is 4.75. The van der Waals surface area contributed by atoms with E-state index in [1.54, 1.807) is 19.1 Å². The number of hydrogen-bond acceptors (Lipinski definition) is 4. The molecule has 1 aliphatic rings. The van der Waals surface area contributed by atoms with E-state index in [-0.39, 0.29) is 24.6 Å². The van der Waals surface area contributed by atoms with Crippen LogP contribution in [0.1, 0.15) is 15.9 Å². The minimum Gasteiger partial charge on any atom is -0.422 e. The number of amides is 1. The van der Waals surface area contributed by atoms with Crippen LogP contribution in [0, 0.1) is 6.92 Å². The molecule has 0 spiro atoms. The van der Waals surface area contributed by atoms with Crippen LogP contribution in [0.4, 0.5) is 0 Å². The number of para-hydroxylation sites is 1. The molecule has 98 valence electrons. The summed E-state index contributed by atoms with van der Waals surface area (Å²) in [5.41, 5.74) is 0.539. The summed E-state index contributed by atoms with van der Waals surface area (Å²) in [6.45, 7) is 2.28. The first-order valence-electron chi connectivity index (χ1n) is 6.07. The Labute approximate surface area is 109 Å². The van der Waals surface area contributed by atoms with Gasteiger partial charge >= 0.3 is 5.63 Å². The number of nitrogens with zero attached hydrogens (tertiary/aromatic N) is 1. The molecule has 5 nitrogen and oxygen atoms in total. The Hall–Kier alpha value is -2.14. The van der Waals surface area contributed by atoms with E-state index in [0.717, 1.165) is 5.39 Å². The molecule has 19 heavy (non-hydrogen) atoms. The first kappa shape index (κ1) is 11.9. The third-order valence-corrected chi connectivity index (χ3v) is 3.44. The van der Waals surface area contributed by atoms with Crippen molar-refractivity contribution >= 4 is 16.9 Å². The fourth-order valence-electron chi connectivity index (χ4n) is 2.33. The summed E-state index contributed by atoms with van der Waals surface area (Å²) in [5.74, 6) is -0.373. The summed E-state index contributed by atoms with van der Waals surface area (Å²) in [6.07, 6.45) is -0.489. The third kappa shape index (κ3) is 1.82. The van der Waals surface area contributed by atoms with Crippen molar-refractivity contribution in [2.45, 2.75) is 13.0 Å². The Kier molecular flexibility index (Phi) is 2.64. The zero-order chi connectivity index (χ0) is 13.6. The van der Waals surface area contributed by atoms with Gasteiger partial charge in [-0.1, -0.05) is 18.2 Å². The fraction of sp³-hybridized carbons (Fsp3) is 0.286. The number of hydrogen-bond donors (Lipinski definition) is 1. The maximum Gasteiger partial charge on any atom is 0.349 e. The normalized spacial score (nSPS) is 15.6. The van der Waals surface area contributed by atoms with Crippen molar-refractivity contribution in [3.63, 3.8) is 0 Å². The van der Waals surface area contributed by atoms with E-state index in [2.05, 4.69) is 0 Å². The van der Waals surface area contributed by atoms with Crippen LogP contribution >= 0.6 is 0 Å². The molecular formula is C14H13NO4. The molecule has 1 fully saturated rings. The van der Waals surface area contributed by atoms with Crippen molar-refractivity contribution < 1.29 is 14.3 Å². The lowest BCUT2D eigenvalue weighted by Gasteiger charge is -2.35. The van der Waals surface area contributed by atoms with Gasteiger partial charge in [0, 0.05) is 18.5 Å². The lowest BCUT2D eigenvalue weighted by atomic mass is 10.0. The predicted molar refractivity (Wildman–Crippen MR) is 69.1 cm³/mol. The minimum atomic E-state index is -0.623. The second-order valence-electron chi connectivity index (χ2n) is 4.75. The molecule has 0 aliphatic carbocycles. The number of carbonyl (C=O) groups is 1. The van der Waals surface area contributed by atoms with Gasteiger partial charge in [-0.05, 0) is 18.6 Å². The van der Waals surface area contributed by atoms with Gasteiger partial charge < -0.3 is 14.4 Å². The SMILES string of the molecule is Cc1c(C(=O)N2CC(O)C2)c(=O)oc2ccccc12. The summed E-state index contributed by atoms with van der Waals surface area (Å²) in [7, 11) is 0. The highest BCUT2D eigenvalue weighted by molar-refractivity contribution is 5.99. The Morgan fingerprint density at radius 3 is 2.74 bits per heavy atom. The van der Waals surface area contributed by atoms with Crippen LogP contribution in [0.2, 0.25) is 0 Å². The van der Waals surface area contributed by atoms with Crippen LogP contribution in [0.5, 0.6) is 0 Å². The fourth-order valence-corrected chi connectivity index (χ4v) is 2.33. The molecule has 0 saturated carbocycles. The highest BCUT2D eigenvalue weighted by Crippen LogP contribution is 2.21. The number of likely N-dealkylation sites (tertiary alicyclic amines) is 1. The predicted octanol–water partition coefficient (Wildman–Crippen LogP) is 0.918. The topological polar surface area (TPSA) is 70.8 Å². The van der Waals surface area contributed by atoms with Crippen molar-refractivity contribution in [1.29, 1.82) is 0 Å². The molecule has 5 heteroatoms. The standard InChI is InChI=1S/C14H13NO4/c1-8-10-4-2-3-5-11(10)19-14(18)12(8)13(17)15-6-9(16)7-15/h2-5,9,16H,6-7H2,1H3. The maximum atomic E-state index is 12.2. The molecule has 2 heterocycles. The number of aliphatic hydroxyl groups excluding tert-OH is 1. The van der Waals surface area contributed by atoms with Gasteiger partial charge in [0.1, 0.15) is 11.1 Å². The number of fused-ring (bicyclic) bond motifs is 1. The zero-order valence-electron chi connectivity index (χ0n) is 10.4. The molecule has 1 N–H and O–H groups in total. The highest BCUT2D eigenvalue weighted by atomic mass is 16.4. The van der Waals surface area contributed by atoms with Gasteiger partial charge in [0.2, 0.25) is 0 Å². The van der Waals surface area contributed by atoms with Crippen molar-refractivity contribution in [3.8, 4) is 0 Å². The second kappa shape index (κ2) is 4.20. The summed E-state index contributed by atoms with van der Waals surface area (Å²) < 4.78 is 5.17. The molecule has 1 amide bonds. The number of benzene rings is 1. The van der Waals surface area contributed by atoms with Gasteiger partial charge in [-0.15, -0.1) is 0 Å². The molecule has 1 aromatic heterocycles. The van der Waals surface area contributed by atoms with E-state index in [4.69, 9.17) is 4.42 Å².